The van der Waals surface area contributed by atoms with E-state index in [2.05, 4.69) is 17.6 Å². The molecule has 0 aliphatic heterocycles. The highest BCUT2D eigenvalue weighted by molar-refractivity contribution is 5.89. The Bertz CT molecular complexity index is 422. The molecule has 0 aliphatic rings. The zero-order valence-corrected chi connectivity index (χ0v) is 11.6. The van der Waals surface area contributed by atoms with Gasteiger partial charge in [-0.3, -0.25) is 0 Å². The number of hydrogen-bond acceptors (Lipinski definition) is 3. The quantitative estimate of drug-likeness (QED) is 0.470. The number of carbonyl (C=O) groups is 1. The molecule has 1 rings (SSSR count). The Morgan fingerprint density at radius 1 is 1.47 bits per heavy atom. The fourth-order valence-electron chi connectivity index (χ4n) is 1.40. The fourth-order valence-corrected chi connectivity index (χ4v) is 1.40. The zero-order valence-electron chi connectivity index (χ0n) is 11.6. The maximum Gasteiger partial charge on any atom is 0.379 e. The molecule has 0 fully saturated rings. The number of urea groups is 1. The Kier molecular flexibility index (Phi) is 5.92. The van der Waals surface area contributed by atoms with Crippen LogP contribution in [0.3, 0.4) is 0 Å². The van der Waals surface area contributed by atoms with E-state index in [1.54, 1.807) is 12.1 Å². The molecular formula is C13H21N3O3. The van der Waals surface area contributed by atoms with Gasteiger partial charge in [0.2, 0.25) is 6.20 Å². The van der Waals surface area contributed by atoms with Crippen LogP contribution < -0.4 is 20.1 Å². The van der Waals surface area contributed by atoms with Crippen LogP contribution in [0.25, 0.3) is 0 Å². The average molecular weight is 267 g/mol. The third kappa shape index (κ3) is 5.46. The second kappa shape index (κ2) is 7.45. The summed E-state index contributed by atoms with van der Waals surface area (Å²) in [5.74, 6) is 0.239. The average Bonchev–Trinajstić information content (AvgIpc) is 2.31. The molecule has 2 amide bonds. The van der Waals surface area contributed by atoms with Crippen molar-refractivity contribution in [2.45, 2.75) is 39.7 Å². The van der Waals surface area contributed by atoms with Gasteiger partial charge in [0.1, 0.15) is 5.69 Å². The van der Waals surface area contributed by atoms with Crippen LogP contribution in [0.15, 0.2) is 18.3 Å². The predicted molar refractivity (Wildman–Crippen MR) is 73.1 cm³/mol. The van der Waals surface area contributed by atoms with Gasteiger partial charge in [0.25, 0.3) is 0 Å². The van der Waals surface area contributed by atoms with Crippen molar-refractivity contribution in [3.05, 3.63) is 23.5 Å². The standard InChI is InChI=1S/C13H21N3O3/c1-4-5-8-19-12-7-6-11(9-16(12)18)15-13(17)14-10(2)3/h6-7,9-10H,4-5,8H2,1-3H3,(H2,14,15,17). The molecule has 1 heterocycles. The van der Waals surface area contributed by atoms with Gasteiger partial charge in [0.15, 0.2) is 0 Å². The highest BCUT2D eigenvalue weighted by Crippen LogP contribution is 2.10. The third-order valence-electron chi connectivity index (χ3n) is 2.30. The van der Waals surface area contributed by atoms with Crippen molar-refractivity contribution in [1.29, 1.82) is 0 Å². The van der Waals surface area contributed by atoms with Gasteiger partial charge >= 0.3 is 11.9 Å². The summed E-state index contributed by atoms with van der Waals surface area (Å²) in [6, 6.07) is 2.88. The van der Waals surface area contributed by atoms with Gasteiger partial charge in [0, 0.05) is 6.04 Å². The van der Waals surface area contributed by atoms with E-state index in [0.717, 1.165) is 12.8 Å². The molecule has 0 bridgehead atoms. The van der Waals surface area contributed by atoms with Crippen molar-refractivity contribution in [2.24, 2.45) is 0 Å². The first-order valence-corrected chi connectivity index (χ1v) is 6.46. The molecule has 0 aromatic carbocycles. The lowest BCUT2D eigenvalue weighted by atomic mass is 10.3. The van der Waals surface area contributed by atoms with Gasteiger partial charge in [0.05, 0.1) is 12.7 Å². The van der Waals surface area contributed by atoms with Crippen LogP contribution >= 0.6 is 0 Å². The summed E-state index contributed by atoms with van der Waals surface area (Å²) in [7, 11) is 0. The lowest BCUT2D eigenvalue weighted by Gasteiger charge is -2.11. The summed E-state index contributed by atoms with van der Waals surface area (Å²) in [6.45, 7) is 6.28. The predicted octanol–water partition coefficient (Wildman–Crippen LogP) is 2.03. The van der Waals surface area contributed by atoms with E-state index in [-0.39, 0.29) is 18.0 Å². The Morgan fingerprint density at radius 2 is 2.21 bits per heavy atom. The van der Waals surface area contributed by atoms with Crippen LogP contribution in [0, 0.1) is 5.21 Å². The number of nitrogens with one attached hydrogen (secondary N) is 2. The van der Waals surface area contributed by atoms with Crippen LogP contribution in [0.2, 0.25) is 0 Å². The van der Waals surface area contributed by atoms with Crippen LogP contribution in [-0.4, -0.2) is 18.7 Å². The molecule has 6 nitrogen and oxygen atoms in total. The topological polar surface area (TPSA) is 77.3 Å². The highest BCUT2D eigenvalue weighted by atomic mass is 16.5. The molecule has 0 saturated heterocycles. The largest absolute Gasteiger partial charge is 0.616 e. The second-order valence-corrected chi connectivity index (χ2v) is 4.54. The minimum Gasteiger partial charge on any atom is -0.616 e. The minimum absolute atomic E-state index is 0.0380. The van der Waals surface area contributed by atoms with Crippen molar-refractivity contribution in [3.8, 4) is 5.88 Å². The summed E-state index contributed by atoms with van der Waals surface area (Å²) in [5, 5.41) is 16.9. The smallest absolute Gasteiger partial charge is 0.379 e. The third-order valence-corrected chi connectivity index (χ3v) is 2.30. The van der Waals surface area contributed by atoms with E-state index in [9.17, 15) is 10.0 Å². The number of pyridine rings is 1. The molecule has 19 heavy (non-hydrogen) atoms. The normalized spacial score (nSPS) is 10.3. The van der Waals surface area contributed by atoms with Crippen molar-refractivity contribution in [1.82, 2.24) is 5.32 Å². The van der Waals surface area contributed by atoms with Gasteiger partial charge < -0.3 is 20.6 Å². The van der Waals surface area contributed by atoms with E-state index in [1.165, 1.54) is 6.20 Å². The summed E-state index contributed by atoms with van der Waals surface area (Å²) in [6.07, 6.45) is 3.19. The minimum atomic E-state index is -0.338. The Morgan fingerprint density at radius 3 is 2.79 bits per heavy atom. The molecule has 1 aromatic rings. The number of unbranched alkanes of at least 4 members (excludes halogenated alkanes) is 1. The van der Waals surface area contributed by atoms with Crippen LogP contribution in [0.5, 0.6) is 5.88 Å². The summed E-state index contributed by atoms with van der Waals surface area (Å²) in [4.78, 5) is 11.5. The van der Waals surface area contributed by atoms with Gasteiger partial charge in [-0.25, -0.2) is 4.79 Å². The van der Waals surface area contributed by atoms with Gasteiger partial charge in [-0.1, -0.05) is 13.3 Å². The zero-order chi connectivity index (χ0) is 14.3. The van der Waals surface area contributed by atoms with Crippen LogP contribution in [0.4, 0.5) is 10.5 Å². The maximum absolute atomic E-state index is 11.7. The molecule has 0 unspecified atom stereocenters. The van der Waals surface area contributed by atoms with E-state index < -0.39 is 0 Å². The molecule has 0 aliphatic carbocycles. The first kappa shape index (κ1) is 15.1. The molecule has 1 aromatic heterocycles. The van der Waals surface area contributed by atoms with E-state index in [1.807, 2.05) is 13.8 Å². The van der Waals surface area contributed by atoms with Crippen molar-refractivity contribution in [2.75, 3.05) is 11.9 Å². The number of hydrogen-bond donors (Lipinski definition) is 2. The highest BCUT2D eigenvalue weighted by Gasteiger charge is 2.10. The summed E-state index contributed by atoms with van der Waals surface area (Å²) >= 11 is 0. The van der Waals surface area contributed by atoms with Gasteiger partial charge in [-0.15, -0.1) is 4.73 Å². The monoisotopic (exact) mass is 267 g/mol. The number of carbonyl (C=O) groups excluding carboxylic acids is 1. The molecular weight excluding hydrogens is 246 g/mol. The number of amides is 2. The lowest BCUT2D eigenvalue weighted by molar-refractivity contribution is -0.612. The van der Waals surface area contributed by atoms with Gasteiger partial charge in [-0.05, 0) is 26.3 Å². The van der Waals surface area contributed by atoms with Crippen LogP contribution in [-0.2, 0) is 0 Å². The number of nitrogens with zero attached hydrogens (tertiary/aromatic N) is 1. The van der Waals surface area contributed by atoms with E-state index >= 15 is 0 Å². The first-order chi connectivity index (χ1) is 9.02. The van der Waals surface area contributed by atoms with Crippen molar-refractivity contribution < 1.29 is 14.3 Å². The molecule has 0 spiro atoms. The Labute approximate surface area is 113 Å². The number of ether oxygens (including phenoxy) is 1. The maximum atomic E-state index is 11.7. The molecule has 6 heteroatoms. The van der Waals surface area contributed by atoms with Crippen molar-refractivity contribution >= 4 is 11.7 Å². The summed E-state index contributed by atoms with van der Waals surface area (Å²) in [5.41, 5.74) is 0.427. The van der Waals surface area contributed by atoms with E-state index in [0.29, 0.717) is 17.0 Å². The molecule has 106 valence electrons. The van der Waals surface area contributed by atoms with Crippen LogP contribution in [0.1, 0.15) is 33.6 Å². The molecule has 0 radical (unpaired) electrons. The number of rotatable bonds is 6. The Balaban J connectivity index is 2.58. The molecule has 0 atom stereocenters. The Hall–Kier alpha value is -1.98. The molecule has 0 saturated carbocycles. The SMILES string of the molecule is CCCCOc1ccc(NC(=O)NC(C)C)c[n+]1[O-]. The fraction of sp³-hybridized carbons (Fsp3) is 0.538. The van der Waals surface area contributed by atoms with E-state index in [4.69, 9.17) is 4.74 Å². The van der Waals surface area contributed by atoms with Crippen molar-refractivity contribution in [3.63, 3.8) is 0 Å². The lowest BCUT2D eigenvalue weighted by Crippen LogP contribution is -2.35. The second-order valence-electron chi connectivity index (χ2n) is 4.54. The first-order valence-electron chi connectivity index (χ1n) is 6.46. The van der Waals surface area contributed by atoms with Gasteiger partial charge in [-0.2, -0.15) is 0 Å². The number of aromatic nitrogens is 1. The number of anilines is 1. The summed E-state index contributed by atoms with van der Waals surface area (Å²) < 4.78 is 5.94. The molecule has 2 N–H and O–H groups in total.